The second-order valence-electron chi connectivity index (χ2n) is 0.771. The van der Waals surface area contributed by atoms with E-state index >= 15 is 0 Å². The van der Waals surface area contributed by atoms with Gasteiger partial charge in [0.05, 0.1) is 0 Å². The molecule has 0 fully saturated rings. The Bertz CT molecular complexity index is 56.9. The predicted octanol–water partition coefficient (Wildman–Crippen LogP) is -0.548. The number of hydrogen-bond acceptors (Lipinski definition) is 2. The zero-order valence-corrected chi connectivity index (χ0v) is 8.10. The third kappa shape index (κ3) is 10.7. The van der Waals surface area contributed by atoms with Crippen molar-refractivity contribution in [3.05, 3.63) is 6.54 Å². The van der Waals surface area contributed by atoms with Gasteiger partial charge in [0, 0.05) is 31.1 Å². The first-order chi connectivity index (χ1) is 2.77. The minimum Gasteiger partial charge on any atom is -0.502 e. The van der Waals surface area contributed by atoms with Crippen molar-refractivity contribution in [2.45, 2.75) is 0 Å². The van der Waals surface area contributed by atoms with Gasteiger partial charge in [0.15, 0.2) is 5.97 Å². The predicted molar refractivity (Wildman–Crippen MR) is 21.0 cm³/mol. The quantitative estimate of drug-likeness (QED) is 0.670. The van der Waals surface area contributed by atoms with Crippen molar-refractivity contribution >= 4 is 5.97 Å². The molecule has 0 heterocycles. The van der Waals surface area contributed by atoms with Crippen molar-refractivity contribution in [1.82, 2.24) is 5.32 Å². The second-order valence-corrected chi connectivity index (χ2v) is 0.771. The van der Waals surface area contributed by atoms with E-state index in [1.54, 1.807) is 0 Å². The molecule has 7 heavy (non-hydrogen) atoms. The molecule has 0 spiro atoms. The first kappa shape index (κ1) is 10.4. The minimum absolute atomic E-state index is 0. The molecule has 0 rings (SSSR count). The zero-order valence-electron chi connectivity index (χ0n) is 3.93. The van der Waals surface area contributed by atoms with Gasteiger partial charge in [0.2, 0.25) is 0 Å². The van der Waals surface area contributed by atoms with E-state index in [9.17, 15) is 4.79 Å². The molecule has 0 atom stereocenters. The van der Waals surface area contributed by atoms with E-state index in [0.717, 1.165) is 6.54 Å². The number of aliphatic carboxylic acids is 1. The van der Waals surface area contributed by atoms with Crippen LogP contribution in [0.3, 0.4) is 0 Å². The first-order valence-corrected chi connectivity index (χ1v) is 1.51. The summed E-state index contributed by atoms with van der Waals surface area (Å²) in [5, 5.41) is 10.1. The van der Waals surface area contributed by atoms with Crippen LogP contribution in [0.25, 0.3) is 0 Å². The summed E-state index contributed by atoms with van der Waals surface area (Å²) >= 11 is 0. The number of hydrogen-bond donors (Lipinski definition) is 2. The van der Waals surface area contributed by atoms with Crippen LogP contribution in [0.15, 0.2) is 0 Å². The fourth-order valence-electron chi connectivity index (χ4n) is 0.123. The van der Waals surface area contributed by atoms with Gasteiger partial charge in [-0.3, -0.25) is 4.79 Å². The van der Waals surface area contributed by atoms with Crippen LogP contribution in [-0.2, 0) is 4.79 Å². The molecule has 0 saturated carbocycles. The summed E-state index contributed by atoms with van der Waals surface area (Å²) in [7, 11) is 1.54. The Balaban J connectivity index is 0. The molecule has 0 aliphatic heterocycles. The van der Waals surface area contributed by atoms with Gasteiger partial charge in [0.1, 0.15) is 0 Å². The summed E-state index contributed by atoms with van der Waals surface area (Å²) in [6.07, 6.45) is 0. The van der Waals surface area contributed by atoms with Crippen molar-refractivity contribution in [3.8, 4) is 0 Å². The van der Waals surface area contributed by atoms with E-state index in [0.29, 0.717) is 0 Å². The number of carboxylic acid groups (broad SMARTS) is 1. The van der Waals surface area contributed by atoms with Crippen LogP contribution < -0.4 is 5.32 Å². The van der Waals surface area contributed by atoms with Crippen LogP contribution in [0.4, 0.5) is 0 Å². The van der Waals surface area contributed by atoms with Crippen LogP contribution in [-0.4, -0.2) is 18.1 Å². The zero-order chi connectivity index (χ0) is 4.99. The van der Waals surface area contributed by atoms with Gasteiger partial charge in [-0.15, -0.1) is 0 Å². The molecule has 0 unspecified atom stereocenters. The number of likely N-dealkylation sites (N-methyl/N-ethyl adjacent to an activating group) is 1. The summed E-state index contributed by atoms with van der Waals surface area (Å²) in [5.41, 5.74) is 0. The van der Waals surface area contributed by atoms with Gasteiger partial charge in [-0.1, -0.05) is 0 Å². The molecular formula is C3H6NO2U-. The average molecular weight is 326 g/mol. The largest absolute Gasteiger partial charge is 0.502 e. The van der Waals surface area contributed by atoms with Gasteiger partial charge in [-0.05, 0) is 7.05 Å². The summed E-state index contributed by atoms with van der Waals surface area (Å²) in [5.74, 6) is -0.947. The average Bonchev–Trinajstić information content (AvgIpc) is 1.35. The normalized spacial score (nSPS) is 6.43. The van der Waals surface area contributed by atoms with Crippen molar-refractivity contribution in [2.24, 2.45) is 0 Å². The molecular weight excluding hydrogens is 320 g/mol. The molecule has 0 aromatic rings. The third-order valence-electron chi connectivity index (χ3n) is 0.268. The minimum atomic E-state index is -0.947. The summed E-state index contributed by atoms with van der Waals surface area (Å²) < 4.78 is 0. The second kappa shape index (κ2) is 6.35. The topological polar surface area (TPSA) is 49.3 Å². The molecule has 0 radical (unpaired) electrons. The van der Waals surface area contributed by atoms with E-state index in [1.165, 1.54) is 7.05 Å². The van der Waals surface area contributed by atoms with Crippen LogP contribution in [0.1, 0.15) is 0 Å². The first-order valence-electron chi connectivity index (χ1n) is 1.51. The molecule has 4 heteroatoms. The molecule has 0 aliphatic rings. The van der Waals surface area contributed by atoms with E-state index in [1.807, 2.05) is 0 Å². The Labute approximate surface area is 65.9 Å². The van der Waals surface area contributed by atoms with Crippen molar-refractivity contribution in [3.63, 3.8) is 0 Å². The van der Waals surface area contributed by atoms with E-state index in [-0.39, 0.29) is 31.1 Å². The van der Waals surface area contributed by atoms with Crippen molar-refractivity contribution in [1.29, 1.82) is 0 Å². The Hall–Kier alpha value is 0.352. The van der Waals surface area contributed by atoms with Gasteiger partial charge in [0.25, 0.3) is 0 Å². The van der Waals surface area contributed by atoms with Gasteiger partial charge < -0.3 is 10.4 Å². The summed E-state index contributed by atoms with van der Waals surface area (Å²) in [6.45, 7) is 0.958. The molecule has 0 aromatic carbocycles. The monoisotopic (exact) mass is 326 g/mol. The fourth-order valence-corrected chi connectivity index (χ4v) is 0.123. The molecule has 2 N–H and O–H groups in total. The maximum absolute atomic E-state index is 9.48. The van der Waals surface area contributed by atoms with Crippen molar-refractivity contribution < 1.29 is 41.0 Å². The number of carboxylic acids is 1. The maximum atomic E-state index is 9.48. The van der Waals surface area contributed by atoms with Crippen LogP contribution in [0, 0.1) is 37.7 Å². The molecule has 3 nitrogen and oxygen atoms in total. The Kier molecular flexibility index (Phi) is 9.40. The van der Waals surface area contributed by atoms with Crippen LogP contribution in [0.2, 0.25) is 0 Å². The summed E-state index contributed by atoms with van der Waals surface area (Å²) in [6, 6.07) is 0. The van der Waals surface area contributed by atoms with E-state index < -0.39 is 5.97 Å². The molecule has 0 bridgehead atoms. The molecule has 0 amide bonds. The number of rotatable bonds is 2. The maximum Gasteiger partial charge on any atom is 0.177 e. The summed E-state index contributed by atoms with van der Waals surface area (Å²) in [4.78, 5) is 9.48. The third-order valence-corrected chi connectivity index (χ3v) is 0.268. The van der Waals surface area contributed by atoms with Gasteiger partial charge in [-0.2, -0.15) is 0 Å². The Morgan fingerprint density at radius 1 is 1.86 bits per heavy atom. The van der Waals surface area contributed by atoms with Crippen LogP contribution in [0.5, 0.6) is 0 Å². The van der Waals surface area contributed by atoms with Gasteiger partial charge >= 0.3 is 0 Å². The van der Waals surface area contributed by atoms with E-state index in [2.05, 4.69) is 5.32 Å². The number of nitrogens with one attached hydrogen (secondary N) is 1. The number of carbonyl (C=O) groups is 1. The van der Waals surface area contributed by atoms with Gasteiger partial charge in [-0.25, -0.2) is 6.54 Å². The molecule has 0 aromatic heterocycles. The Morgan fingerprint density at radius 3 is 2.29 bits per heavy atom. The molecule has 40 valence electrons. The fraction of sp³-hybridized carbons (Fsp3) is 0.333. The van der Waals surface area contributed by atoms with Crippen molar-refractivity contribution in [2.75, 3.05) is 7.05 Å². The van der Waals surface area contributed by atoms with Crippen LogP contribution >= 0.6 is 0 Å². The van der Waals surface area contributed by atoms with E-state index in [4.69, 9.17) is 5.11 Å². The Morgan fingerprint density at radius 2 is 2.29 bits per heavy atom. The molecule has 0 saturated heterocycles. The molecule has 0 aliphatic carbocycles. The SMILES string of the molecule is CN[CH-]C(=O)O.[U]. The smallest absolute Gasteiger partial charge is 0.177 e. The standard InChI is InChI=1S/C3H6NO2.U/c1-4-2-3(5)6;/h2,4H,1H3,(H,5,6);/q-1;.